The van der Waals surface area contributed by atoms with Crippen LogP contribution in [0, 0.1) is 6.92 Å². The van der Waals surface area contributed by atoms with Gasteiger partial charge in [-0.25, -0.2) is 0 Å². The molecule has 1 unspecified atom stereocenters. The summed E-state index contributed by atoms with van der Waals surface area (Å²) in [5.41, 5.74) is 2.13. The van der Waals surface area contributed by atoms with E-state index in [1.165, 1.54) is 0 Å². The van der Waals surface area contributed by atoms with Crippen molar-refractivity contribution in [1.29, 1.82) is 0 Å². The van der Waals surface area contributed by atoms with Crippen molar-refractivity contribution in [3.8, 4) is 0 Å². The molecule has 1 aromatic rings. The molecule has 2 nitrogen and oxygen atoms in total. The monoisotopic (exact) mass is 272 g/mol. The van der Waals surface area contributed by atoms with Crippen molar-refractivity contribution >= 4 is 15.9 Å². The van der Waals surface area contributed by atoms with Gasteiger partial charge in [0.15, 0.2) is 0 Å². The van der Waals surface area contributed by atoms with E-state index < -0.39 is 0 Å². The average Bonchev–Trinajstić information content (AvgIpc) is 2.22. The fraction of sp³-hybridized carbons (Fsp3) is 0.500. The Hall–Kier alpha value is -0.380. The van der Waals surface area contributed by atoms with Crippen molar-refractivity contribution in [2.45, 2.75) is 25.9 Å². The molecule has 0 aliphatic heterocycles. The summed E-state index contributed by atoms with van der Waals surface area (Å²) in [5.74, 6) is 0. The molecule has 3 heteroatoms. The molecule has 15 heavy (non-hydrogen) atoms. The van der Waals surface area contributed by atoms with Gasteiger partial charge in [0.05, 0.1) is 6.10 Å². The lowest BCUT2D eigenvalue weighted by Crippen LogP contribution is -2.00. The van der Waals surface area contributed by atoms with Crippen molar-refractivity contribution in [1.82, 2.24) is 0 Å². The third-order valence-electron chi connectivity index (χ3n) is 2.39. The molecule has 0 bridgehead atoms. The number of aryl methyl sites for hydroxylation is 1. The summed E-state index contributed by atoms with van der Waals surface area (Å²) in [5, 5.41) is 9.89. The summed E-state index contributed by atoms with van der Waals surface area (Å²) < 4.78 is 6.03. The maximum atomic E-state index is 9.89. The molecule has 0 heterocycles. The Morgan fingerprint density at radius 3 is 2.80 bits per heavy atom. The summed E-state index contributed by atoms with van der Waals surface area (Å²) in [6.07, 6.45) is 1.24. The number of aliphatic hydroxyl groups excluding tert-OH is 1. The van der Waals surface area contributed by atoms with Gasteiger partial charge in [0.25, 0.3) is 0 Å². The highest BCUT2D eigenvalue weighted by Crippen LogP contribution is 2.23. The van der Waals surface area contributed by atoms with E-state index in [-0.39, 0.29) is 6.10 Å². The molecule has 0 fully saturated rings. The van der Waals surface area contributed by atoms with Gasteiger partial charge in [-0.3, -0.25) is 0 Å². The number of hydrogen-bond acceptors (Lipinski definition) is 2. The Kier molecular flexibility index (Phi) is 5.29. The first-order chi connectivity index (χ1) is 7.15. The Balaban J connectivity index is 2.57. The second kappa shape index (κ2) is 6.26. The minimum absolute atomic E-state index is 0.382. The zero-order chi connectivity index (χ0) is 11.3. The van der Waals surface area contributed by atoms with Gasteiger partial charge in [-0.05, 0) is 37.0 Å². The highest BCUT2D eigenvalue weighted by atomic mass is 79.9. The van der Waals surface area contributed by atoms with Crippen LogP contribution in [0.2, 0.25) is 0 Å². The fourth-order valence-electron chi connectivity index (χ4n) is 1.46. The van der Waals surface area contributed by atoms with E-state index in [0.29, 0.717) is 6.61 Å². The first-order valence-electron chi connectivity index (χ1n) is 5.08. The molecule has 0 amide bonds. The average molecular weight is 273 g/mol. The number of ether oxygens (including phenoxy) is 1. The lowest BCUT2D eigenvalue weighted by molar-refractivity contribution is 0.136. The Bertz CT molecular complexity index is 312. The Labute approximate surface area is 99.4 Å². The van der Waals surface area contributed by atoms with Crippen LogP contribution in [-0.2, 0) is 4.74 Å². The molecule has 0 aliphatic rings. The van der Waals surface area contributed by atoms with E-state index in [1.54, 1.807) is 7.11 Å². The zero-order valence-electron chi connectivity index (χ0n) is 9.16. The number of benzene rings is 1. The maximum absolute atomic E-state index is 9.89. The van der Waals surface area contributed by atoms with Crippen LogP contribution >= 0.6 is 15.9 Å². The van der Waals surface area contributed by atoms with Gasteiger partial charge in [0.1, 0.15) is 0 Å². The van der Waals surface area contributed by atoms with E-state index in [2.05, 4.69) is 15.9 Å². The van der Waals surface area contributed by atoms with Crippen LogP contribution in [0.4, 0.5) is 0 Å². The van der Waals surface area contributed by atoms with Crippen LogP contribution < -0.4 is 0 Å². The molecule has 0 aliphatic carbocycles. The minimum Gasteiger partial charge on any atom is -0.388 e. The number of methoxy groups -OCH3 is 1. The van der Waals surface area contributed by atoms with Crippen molar-refractivity contribution < 1.29 is 9.84 Å². The fourth-order valence-corrected chi connectivity index (χ4v) is 1.71. The van der Waals surface area contributed by atoms with Gasteiger partial charge in [-0.2, -0.15) is 0 Å². The summed E-state index contributed by atoms with van der Waals surface area (Å²) in [6, 6.07) is 5.94. The van der Waals surface area contributed by atoms with Gasteiger partial charge in [0, 0.05) is 18.2 Å². The maximum Gasteiger partial charge on any atom is 0.0791 e. The van der Waals surface area contributed by atoms with Gasteiger partial charge >= 0.3 is 0 Å². The topological polar surface area (TPSA) is 29.5 Å². The standard InChI is InChI=1S/C12H17BrO2/c1-9-8-10(5-6-11(9)13)12(14)4-3-7-15-2/h5-6,8,12,14H,3-4,7H2,1-2H3. The van der Waals surface area contributed by atoms with E-state index in [4.69, 9.17) is 4.74 Å². The predicted octanol–water partition coefficient (Wildman–Crippen LogP) is 3.22. The molecule has 1 aromatic carbocycles. The van der Waals surface area contributed by atoms with Crippen molar-refractivity contribution in [2.75, 3.05) is 13.7 Å². The van der Waals surface area contributed by atoms with Crippen molar-refractivity contribution in [2.24, 2.45) is 0 Å². The molecule has 1 rings (SSSR count). The van der Waals surface area contributed by atoms with E-state index in [9.17, 15) is 5.11 Å². The van der Waals surface area contributed by atoms with Gasteiger partial charge in [0.2, 0.25) is 0 Å². The van der Waals surface area contributed by atoms with Crippen LogP contribution in [0.25, 0.3) is 0 Å². The summed E-state index contributed by atoms with van der Waals surface area (Å²) >= 11 is 3.44. The van der Waals surface area contributed by atoms with Crippen LogP contribution in [0.5, 0.6) is 0 Å². The molecular weight excluding hydrogens is 256 g/mol. The van der Waals surface area contributed by atoms with E-state index in [0.717, 1.165) is 28.4 Å². The summed E-state index contributed by atoms with van der Waals surface area (Å²) in [7, 11) is 1.68. The largest absolute Gasteiger partial charge is 0.388 e. The lowest BCUT2D eigenvalue weighted by Gasteiger charge is -2.11. The molecule has 1 atom stereocenters. The van der Waals surface area contributed by atoms with Crippen LogP contribution in [0.15, 0.2) is 22.7 Å². The second-order valence-electron chi connectivity index (χ2n) is 3.66. The second-order valence-corrected chi connectivity index (χ2v) is 4.51. The quantitative estimate of drug-likeness (QED) is 0.835. The number of halogens is 1. The van der Waals surface area contributed by atoms with Crippen LogP contribution in [-0.4, -0.2) is 18.8 Å². The Morgan fingerprint density at radius 2 is 2.20 bits per heavy atom. The van der Waals surface area contributed by atoms with Gasteiger partial charge in [-0.15, -0.1) is 0 Å². The first-order valence-corrected chi connectivity index (χ1v) is 5.87. The molecule has 0 saturated heterocycles. The smallest absolute Gasteiger partial charge is 0.0791 e. The first kappa shape index (κ1) is 12.7. The minimum atomic E-state index is -0.382. The molecule has 0 saturated carbocycles. The van der Waals surface area contributed by atoms with Crippen molar-refractivity contribution in [3.05, 3.63) is 33.8 Å². The molecule has 84 valence electrons. The van der Waals surface area contributed by atoms with E-state index >= 15 is 0 Å². The molecule has 0 radical (unpaired) electrons. The normalized spacial score (nSPS) is 12.8. The van der Waals surface area contributed by atoms with Crippen molar-refractivity contribution in [3.63, 3.8) is 0 Å². The molecular formula is C12H17BrO2. The molecule has 0 aromatic heterocycles. The number of hydrogen-bond donors (Lipinski definition) is 1. The molecule has 1 N–H and O–H groups in total. The highest BCUT2D eigenvalue weighted by Gasteiger charge is 2.07. The number of rotatable bonds is 5. The third-order valence-corrected chi connectivity index (χ3v) is 3.28. The third kappa shape index (κ3) is 3.93. The van der Waals surface area contributed by atoms with Gasteiger partial charge in [-0.1, -0.05) is 28.1 Å². The SMILES string of the molecule is COCCCC(O)c1ccc(Br)c(C)c1. The zero-order valence-corrected chi connectivity index (χ0v) is 10.8. The Morgan fingerprint density at radius 1 is 1.47 bits per heavy atom. The van der Waals surface area contributed by atoms with Crippen LogP contribution in [0.1, 0.15) is 30.1 Å². The van der Waals surface area contributed by atoms with Crippen LogP contribution in [0.3, 0.4) is 0 Å². The molecule has 0 spiro atoms. The number of aliphatic hydroxyl groups is 1. The lowest BCUT2D eigenvalue weighted by atomic mass is 10.0. The summed E-state index contributed by atoms with van der Waals surface area (Å²) in [4.78, 5) is 0. The predicted molar refractivity (Wildman–Crippen MR) is 64.9 cm³/mol. The summed E-state index contributed by atoms with van der Waals surface area (Å²) in [6.45, 7) is 2.72. The van der Waals surface area contributed by atoms with Gasteiger partial charge < -0.3 is 9.84 Å². The van der Waals surface area contributed by atoms with E-state index in [1.807, 2.05) is 25.1 Å². The highest BCUT2D eigenvalue weighted by molar-refractivity contribution is 9.10.